The Morgan fingerprint density at radius 3 is 2.72 bits per heavy atom. The quantitative estimate of drug-likeness (QED) is 0.467. The van der Waals surface area contributed by atoms with Crippen LogP contribution in [0, 0.1) is 11.3 Å². The number of nitriles is 1. The van der Waals surface area contributed by atoms with Gasteiger partial charge in [0.25, 0.3) is 0 Å². The van der Waals surface area contributed by atoms with Crippen molar-refractivity contribution < 1.29 is 4.74 Å². The van der Waals surface area contributed by atoms with Gasteiger partial charge in [0.05, 0.1) is 17.8 Å². The van der Waals surface area contributed by atoms with Crippen molar-refractivity contribution in [3.63, 3.8) is 0 Å². The number of aromatic nitrogens is 1. The minimum Gasteiger partial charge on any atom is -0.370 e. The van der Waals surface area contributed by atoms with Crippen molar-refractivity contribution in [2.24, 2.45) is 5.11 Å². The number of azide groups is 1. The van der Waals surface area contributed by atoms with E-state index in [1.165, 1.54) is 0 Å². The second-order valence-corrected chi connectivity index (χ2v) is 6.71. The van der Waals surface area contributed by atoms with Crippen LogP contribution in [0.15, 0.2) is 29.4 Å². The molecule has 2 heterocycles. The van der Waals surface area contributed by atoms with Gasteiger partial charge in [0.1, 0.15) is 17.7 Å². The van der Waals surface area contributed by atoms with Crippen LogP contribution in [0.4, 0.5) is 17.3 Å². The summed E-state index contributed by atoms with van der Waals surface area (Å²) in [4.78, 5) is 7.19. The predicted octanol–water partition coefficient (Wildman–Crippen LogP) is 5.14. The summed E-state index contributed by atoms with van der Waals surface area (Å²) in [7, 11) is 0. The number of anilines is 2. The molecule has 1 aromatic carbocycles. The van der Waals surface area contributed by atoms with Crippen LogP contribution >= 0.6 is 11.6 Å². The molecule has 0 atom stereocenters. The molecule has 126 valence electrons. The molecule has 0 bridgehead atoms. The van der Waals surface area contributed by atoms with Gasteiger partial charge in [0.2, 0.25) is 0 Å². The van der Waals surface area contributed by atoms with E-state index in [-0.39, 0.29) is 12.4 Å². The van der Waals surface area contributed by atoms with Crippen LogP contribution in [0.2, 0.25) is 5.02 Å². The van der Waals surface area contributed by atoms with E-state index in [0.717, 1.165) is 11.3 Å². The van der Waals surface area contributed by atoms with Crippen LogP contribution < -0.4 is 5.32 Å². The standard InChI is InChI=1S/C17H15ClN6O/c1-17(2)7-12-13(8-19)15(21-11-5-3-10(18)4-6-11)22-16(23-24-20)14(12)9-25-17/h3-6H,7,9H2,1-2H3,(H,21,22). The van der Waals surface area contributed by atoms with E-state index in [2.05, 4.69) is 26.4 Å². The molecule has 3 rings (SSSR count). The molecule has 0 aliphatic carbocycles. The molecule has 0 amide bonds. The third kappa shape index (κ3) is 3.52. The van der Waals surface area contributed by atoms with E-state index in [4.69, 9.17) is 21.9 Å². The van der Waals surface area contributed by atoms with Crippen molar-refractivity contribution >= 4 is 28.9 Å². The Morgan fingerprint density at radius 2 is 2.08 bits per heavy atom. The van der Waals surface area contributed by atoms with Gasteiger partial charge in [0.15, 0.2) is 0 Å². The first-order chi connectivity index (χ1) is 11.9. The third-order valence-corrected chi connectivity index (χ3v) is 4.21. The Kier molecular flexibility index (Phi) is 4.51. The van der Waals surface area contributed by atoms with Crippen LogP contribution in [0.25, 0.3) is 10.4 Å². The highest BCUT2D eigenvalue weighted by Crippen LogP contribution is 2.38. The zero-order valence-electron chi connectivity index (χ0n) is 13.7. The van der Waals surface area contributed by atoms with Gasteiger partial charge in [-0.15, -0.1) is 0 Å². The fraction of sp³-hybridized carbons (Fsp3) is 0.294. The molecule has 1 aliphatic rings. The maximum Gasteiger partial charge on any atom is 0.149 e. The van der Waals surface area contributed by atoms with E-state index in [1.807, 2.05) is 13.8 Å². The molecule has 0 radical (unpaired) electrons. The van der Waals surface area contributed by atoms with E-state index < -0.39 is 5.60 Å². The fourth-order valence-electron chi connectivity index (χ4n) is 2.75. The Bertz CT molecular complexity index is 910. The topological polar surface area (TPSA) is 107 Å². The number of fused-ring (bicyclic) bond motifs is 1. The SMILES string of the molecule is CC1(C)Cc2c(C#N)c(Nc3ccc(Cl)cc3)nc(N=[N+]=[N-])c2CO1. The predicted molar refractivity (Wildman–Crippen MR) is 95.1 cm³/mol. The van der Waals surface area contributed by atoms with Crippen molar-refractivity contribution in [3.05, 3.63) is 56.4 Å². The summed E-state index contributed by atoms with van der Waals surface area (Å²) in [5.41, 5.74) is 11.0. The molecule has 1 N–H and O–H groups in total. The maximum absolute atomic E-state index is 9.69. The van der Waals surface area contributed by atoms with Crippen LogP contribution in [0.3, 0.4) is 0 Å². The molecule has 1 aromatic heterocycles. The summed E-state index contributed by atoms with van der Waals surface area (Å²) in [6.45, 7) is 4.16. The number of rotatable bonds is 3. The van der Waals surface area contributed by atoms with Crippen molar-refractivity contribution in [3.8, 4) is 6.07 Å². The Balaban J connectivity index is 2.15. The lowest BCUT2D eigenvalue weighted by Crippen LogP contribution is -2.32. The van der Waals surface area contributed by atoms with Crippen molar-refractivity contribution in [2.75, 3.05) is 5.32 Å². The van der Waals surface area contributed by atoms with Crippen LogP contribution in [0.5, 0.6) is 0 Å². The van der Waals surface area contributed by atoms with Gasteiger partial charge in [0, 0.05) is 27.6 Å². The largest absolute Gasteiger partial charge is 0.370 e. The van der Waals surface area contributed by atoms with E-state index >= 15 is 0 Å². The minimum atomic E-state index is -0.412. The zero-order chi connectivity index (χ0) is 18.0. The van der Waals surface area contributed by atoms with Crippen molar-refractivity contribution in [2.45, 2.75) is 32.5 Å². The molecule has 25 heavy (non-hydrogen) atoms. The number of hydrogen-bond acceptors (Lipinski definition) is 5. The number of hydrogen-bond donors (Lipinski definition) is 1. The Hall–Kier alpha value is -2.78. The van der Waals surface area contributed by atoms with Crippen molar-refractivity contribution in [1.82, 2.24) is 4.98 Å². The first-order valence-electron chi connectivity index (χ1n) is 7.61. The van der Waals surface area contributed by atoms with Gasteiger partial charge in [-0.25, -0.2) is 4.98 Å². The minimum absolute atomic E-state index is 0.225. The fourth-order valence-corrected chi connectivity index (χ4v) is 2.88. The van der Waals surface area contributed by atoms with Gasteiger partial charge >= 0.3 is 0 Å². The molecule has 0 spiro atoms. The second-order valence-electron chi connectivity index (χ2n) is 6.27. The maximum atomic E-state index is 9.69. The smallest absolute Gasteiger partial charge is 0.149 e. The van der Waals surface area contributed by atoms with E-state index in [9.17, 15) is 5.26 Å². The number of nitrogens with zero attached hydrogens (tertiary/aromatic N) is 5. The van der Waals surface area contributed by atoms with Gasteiger partial charge in [-0.3, -0.25) is 0 Å². The zero-order valence-corrected chi connectivity index (χ0v) is 14.5. The van der Waals surface area contributed by atoms with Crippen LogP contribution in [0.1, 0.15) is 30.5 Å². The van der Waals surface area contributed by atoms with Gasteiger partial charge in [-0.05, 0) is 54.3 Å². The van der Waals surface area contributed by atoms with Gasteiger partial charge < -0.3 is 10.1 Å². The summed E-state index contributed by atoms with van der Waals surface area (Å²) < 4.78 is 5.78. The van der Waals surface area contributed by atoms with Gasteiger partial charge in [-0.2, -0.15) is 5.26 Å². The van der Waals surface area contributed by atoms with Crippen LogP contribution in [-0.4, -0.2) is 10.6 Å². The lowest BCUT2D eigenvalue weighted by molar-refractivity contribution is -0.0399. The first kappa shape index (κ1) is 17.1. The molecule has 0 unspecified atom stereocenters. The Morgan fingerprint density at radius 1 is 1.36 bits per heavy atom. The second kappa shape index (κ2) is 6.61. The summed E-state index contributed by atoms with van der Waals surface area (Å²) in [5, 5.41) is 17.1. The Labute approximate surface area is 149 Å². The van der Waals surface area contributed by atoms with Gasteiger partial charge in [-0.1, -0.05) is 11.6 Å². The monoisotopic (exact) mass is 354 g/mol. The molecule has 2 aromatic rings. The third-order valence-electron chi connectivity index (χ3n) is 3.96. The lowest BCUT2D eigenvalue weighted by Gasteiger charge is -2.33. The van der Waals surface area contributed by atoms with E-state index in [1.54, 1.807) is 24.3 Å². The van der Waals surface area contributed by atoms with Crippen LogP contribution in [-0.2, 0) is 17.8 Å². The number of nitrogens with one attached hydrogen (secondary N) is 1. The average molecular weight is 355 g/mol. The molecule has 7 nitrogen and oxygen atoms in total. The number of benzene rings is 1. The molecule has 8 heteroatoms. The highest BCUT2D eigenvalue weighted by atomic mass is 35.5. The highest BCUT2D eigenvalue weighted by Gasteiger charge is 2.31. The first-order valence-corrected chi connectivity index (χ1v) is 7.99. The number of ether oxygens (including phenoxy) is 1. The summed E-state index contributed by atoms with van der Waals surface area (Å²) in [6.07, 6.45) is 0.525. The lowest BCUT2D eigenvalue weighted by atomic mass is 9.89. The summed E-state index contributed by atoms with van der Waals surface area (Å²) in [6, 6.07) is 9.26. The van der Waals surface area contributed by atoms with E-state index in [0.29, 0.717) is 28.4 Å². The molecule has 0 saturated carbocycles. The molecule has 1 aliphatic heterocycles. The normalized spacial score (nSPS) is 14.8. The number of pyridine rings is 1. The summed E-state index contributed by atoms with van der Waals surface area (Å²) >= 11 is 5.90. The molecule has 0 saturated heterocycles. The molecule has 0 fully saturated rings. The number of halogens is 1. The molecular formula is C17H15ClN6O. The average Bonchev–Trinajstić information content (AvgIpc) is 2.56. The highest BCUT2D eigenvalue weighted by molar-refractivity contribution is 6.30. The van der Waals surface area contributed by atoms with Crippen molar-refractivity contribution in [1.29, 1.82) is 5.26 Å². The summed E-state index contributed by atoms with van der Waals surface area (Å²) in [5.74, 6) is 0.576. The molecular weight excluding hydrogens is 340 g/mol.